The molecule has 0 fully saturated rings. The second-order valence-corrected chi connectivity index (χ2v) is 0. The van der Waals surface area contributed by atoms with Crippen LogP contribution in [0.15, 0.2) is 0 Å². The van der Waals surface area contributed by atoms with Gasteiger partial charge in [0, 0.05) is 0 Å². The monoisotopic (exact) mass is 226 g/mol. The molecule has 0 bridgehead atoms. The maximum absolute atomic E-state index is 6.00. The molecule has 0 heterocycles. The quantitative estimate of drug-likeness (QED) is 0.230. The predicted octanol–water partition coefficient (Wildman–Crippen LogP) is -12.3. The Morgan fingerprint density at radius 3 is 0.417 bits per heavy atom. The second kappa shape index (κ2) is 662. The minimum absolute atomic E-state index is 0. The van der Waals surface area contributed by atoms with Crippen molar-refractivity contribution in [2.75, 3.05) is 0 Å². The van der Waals surface area contributed by atoms with Crippen molar-refractivity contribution in [2.24, 2.45) is 0 Å². The van der Waals surface area contributed by atoms with Gasteiger partial charge in [0.2, 0.25) is 0 Å². The van der Waals surface area contributed by atoms with E-state index in [0.717, 1.165) is 0 Å². The fraction of sp³-hybridized carbons (Fsp3) is 0. The van der Waals surface area contributed by atoms with Crippen molar-refractivity contribution in [3.05, 3.63) is 0 Å². The molecule has 18 N–H and O–H groups in total. The molecule has 0 amide bonds. The van der Waals surface area contributed by atoms with Gasteiger partial charge >= 0.3 is 59.1 Å². The van der Waals surface area contributed by atoms with Crippen LogP contribution in [0.1, 0.15) is 2.85 Å². The van der Waals surface area contributed by atoms with E-state index in [1.165, 1.54) is 0 Å². The van der Waals surface area contributed by atoms with Crippen LogP contribution in [-0.2, 0) is 0 Å². The van der Waals surface area contributed by atoms with Crippen molar-refractivity contribution >= 4 is 0 Å². The maximum Gasteiger partial charge on any atom is 1.00 e. The first kappa shape index (κ1) is 319. The molecule has 12 heteroatoms. The summed E-state index contributed by atoms with van der Waals surface area (Å²) in [5.41, 5.74) is 0. The first-order valence-corrected chi connectivity index (χ1v) is 0.200. The van der Waals surface area contributed by atoms with Gasteiger partial charge in [0.05, 0.1) is 0 Å². The molecule has 10 nitrogen and oxygen atoms in total. The van der Waals surface area contributed by atoms with Crippen LogP contribution in [0.3, 0.4) is 0 Å². The van der Waals surface area contributed by atoms with Crippen LogP contribution >= 0.6 is 0 Å². The Bertz CT molecular complexity index is 16.1. The van der Waals surface area contributed by atoms with E-state index in [1.807, 2.05) is 0 Å². The van der Waals surface area contributed by atoms with Crippen LogP contribution in [0.4, 0.5) is 0 Å². The topological polar surface area (TPSA) is 292 Å². The average Bonchev–Trinajstić information content (AvgIpc) is 1.00. The van der Waals surface area contributed by atoms with Crippen molar-refractivity contribution in [3.63, 3.8) is 0 Å². The van der Waals surface area contributed by atoms with Crippen LogP contribution in [0.5, 0.6) is 0 Å². The molecule has 0 radical (unpaired) electrons. The molecule has 0 rings (SSSR count). The van der Waals surface area contributed by atoms with Crippen molar-refractivity contribution in [2.45, 2.75) is 0 Å². The summed E-state index contributed by atoms with van der Waals surface area (Å²) in [5.74, 6) is 0. The average molecular weight is 226 g/mol. The fourth-order valence-corrected chi connectivity index (χ4v) is 0. The Balaban J connectivity index is -0.0000000000758. The van der Waals surface area contributed by atoms with Gasteiger partial charge in [-0.3, -0.25) is 10.5 Å². The molecule has 0 aliphatic heterocycles. The van der Waals surface area contributed by atoms with Gasteiger partial charge in [-0.25, -0.2) is 0 Å². The van der Waals surface area contributed by atoms with Gasteiger partial charge in [-0.15, -0.1) is 0 Å². The molecule has 12 heavy (non-hydrogen) atoms. The largest absolute Gasteiger partial charge is 1.00 e. The minimum Gasteiger partial charge on any atom is -1.00 e. The second-order valence-electron chi connectivity index (χ2n) is 0. The third-order valence-corrected chi connectivity index (χ3v) is 0. The van der Waals surface area contributed by atoms with E-state index in [1.54, 1.807) is 0 Å². The summed E-state index contributed by atoms with van der Waals surface area (Å²) in [6.45, 7) is 0. The Morgan fingerprint density at radius 1 is 0.417 bits per heavy atom. The zero-order valence-electron chi connectivity index (χ0n) is 8.89. The van der Waals surface area contributed by atoms with E-state index >= 15 is 0 Å². The van der Waals surface area contributed by atoms with Crippen LogP contribution < -0.4 is 59.1 Å². The van der Waals surface area contributed by atoms with Gasteiger partial charge < -0.3 is 46.7 Å². The maximum atomic E-state index is 6.00. The molecular formula is H20Na2O10. The predicted molar refractivity (Wildman–Crippen MR) is 36.4 cm³/mol. The first-order valence-electron chi connectivity index (χ1n) is 0.200. The van der Waals surface area contributed by atoms with Crippen molar-refractivity contribution in [3.8, 4) is 0 Å². The molecule has 0 unspecified atom stereocenters. The van der Waals surface area contributed by atoms with Crippen molar-refractivity contribution in [1.82, 2.24) is 0 Å². The summed E-state index contributed by atoms with van der Waals surface area (Å²) >= 11 is 0. The van der Waals surface area contributed by atoms with Crippen LogP contribution in [0, 0.1) is 0 Å². The fourth-order valence-electron chi connectivity index (χ4n) is 0. The Morgan fingerprint density at radius 2 is 0.417 bits per heavy atom. The summed E-state index contributed by atoms with van der Waals surface area (Å²) in [6.07, 6.45) is 0. The van der Waals surface area contributed by atoms with Crippen LogP contribution in [0.25, 0.3) is 0 Å². The molecule has 0 spiro atoms. The van der Waals surface area contributed by atoms with Gasteiger partial charge in [-0.2, -0.15) is 0 Å². The third-order valence-electron chi connectivity index (χ3n) is 0. The van der Waals surface area contributed by atoms with E-state index in [9.17, 15) is 0 Å². The standard InChI is InChI=1S/2Na.H2O2.8H2O.2H/c;;1-2;;;;;;;;;;/h;;1-2H;8*1H2;;/q2*+1;;;;;;;;;;2*-1. The van der Waals surface area contributed by atoms with Crippen LogP contribution in [0.2, 0.25) is 0 Å². The molecule has 0 aromatic carbocycles. The summed E-state index contributed by atoms with van der Waals surface area (Å²) in [4.78, 5) is 0. The summed E-state index contributed by atoms with van der Waals surface area (Å²) in [7, 11) is 0. The molecule has 0 aliphatic carbocycles. The molecule has 0 aromatic rings. The van der Waals surface area contributed by atoms with Gasteiger partial charge in [-0.1, -0.05) is 0 Å². The van der Waals surface area contributed by atoms with Gasteiger partial charge in [0.15, 0.2) is 0 Å². The van der Waals surface area contributed by atoms with Crippen LogP contribution in [-0.4, -0.2) is 54.3 Å². The van der Waals surface area contributed by atoms with E-state index in [-0.39, 0.29) is 106 Å². The molecule has 82 valence electrons. The smallest absolute Gasteiger partial charge is 1.00 e. The zero-order chi connectivity index (χ0) is 2.00. The molecule has 0 aliphatic rings. The Kier molecular flexibility index (Phi) is 17600. The molecule has 0 atom stereocenters. The minimum atomic E-state index is 0. The number of hydrogen-bond donors (Lipinski definition) is 2. The van der Waals surface area contributed by atoms with Crippen molar-refractivity contribution < 1.29 is 116 Å². The van der Waals surface area contributed by atoms with E-state index in [4.69, 9.17) is 10.5 Å². The molecule has 0 saturated heterocycles. The van der Waals surface area contributed by atoms with E-state index < -0.39 is 0 Å². The Hall–Kier alpha value is 1.60. The Labute approximate surface area is 116 Å². The van der Waals surface area contributed by atoms with E-state index in [2.05, 4.69) is 0 Å². The summed E-state index contributed by atoms with van der Waals surface area (Å²) < 4.78 is 0. The normalized spacial score (nSPS) is 0.500. The summed E-state index contributed by atoms with van der Waals surface area (Å²) in [5, 5.41) is 12.0. The van der Waals surface area contributed by atoms with Crippen molar-refractivity contribution in [1.29, 1.82) is 0 Å². The summed E-state index contributed by atoms with van der Waals surface area (Å²) in [6, 6.07) is 0. The molecule has 0 saturated carbocycles. The van der Waals surface area contributed by atoms with E-state index in [0.29, 0.717) is 0 Å². The van der Waals surface area contributed by atoms with Gasteiger partial charge in [0.1, 0.15) is 0 Å². The van der Waals surface area contributed by atoms with Gasteiger partial charge in [-0.05, 0) is 0 Å². The SMILES string of the molecule is O.O.O.O.O.O.O.O.OO.[H-].[H-].[Na+].[Na+]. The molecule has 0 aromatic heterocycles. The first-order chi connectivity index (χ1) is 1.00. The number of hydrogen-bond acceptors (Lipinski definition) is 2. The number of rotatable bonds is 0. The van der Waals surface area contributed by atoms with Gasteiger partial charge in [0.25, 0.3) is 0 Å². The zero-order valence-corrected chi connectivity index (χ0v) is 10.9. The molecular weight excluding hydrogens is 206 g/mol. The third kappa shape index (κ3) is 509.